The molecule has 1 nitrogen and oxygen atoms in total. The molecule has 0 heterocycles. The van der Waals surface area contributed by atoms with E-state index in [1.807, 2.05) is 0 Å². The number of carbonyl (C=O) groups is 1. The van der Waals surface area contributed by atoms with Gasteiger partial charge in [-0.1, -0.05) is 0 Å². The number of benzene rings is 1. The van der Waals surface area contributed by atoms with Crippen molar-refractivity contribution in [2.24, 2.45) is 0 Å². The van der Waals surface area contributed by atoms with Crippen LogP contribution in [-0.2, 0) is 0 Å². The minimum Gasteiger partial charge on any atom is -0.294 e. The quantitative estimate of drug-likeness (QED) is 0.739. The lowest BCUT2D eigenvalue weighted by Gasteiger charge is -2.08. The van der Waals surface area contributed by atoms with Crippen LogP contribution < -0.4 is 0 Å². The van der Waals surface area contributed by atoms with Crippen molar-refractivity contribution in [3.8, 4) is 0 Å². The first-order chi connectivity index (χ1) is 6.43. The van der Waals surface area contributed by atoms with Crippen molar-refractivity contribution in [1.82, 2.24) is 0 Å². The van der Waals surface area contributed by atoms with Gasteiger partial charge in [-0.25, -0.2) is 8.78 Å². The number of halogens is 3. The van der Waals surface area contributed by atoms with Crippen LogP contribution in [0.15, 0.2) is 16.6 Å². The number of aryl methyl sites for hydroxylation is 1. The molecule has 76 valence electrons. The predicted octanol–water partition coefficient (Wildman–Crippen LogP) is 3.90. The highest BCUT2D eigenvalue weighted by Gasteiger charge is 2.17. The molecule has 0 bridgehead atoms. The number of alkyl halides is 2. The van der Waals surface area contributed by atoms with E-state index in [0.29, 0.717) is 11.1 Å². The van der Waals surface area contributed by atoms with Crippen LogP contribution in [0.2, 0.25) is 0 Å². The molecule has 0 spiro atoms. The molecule has 0 radical (unpaired) electrons. The van der Waals surface area contributed by atoms with Gasteiger partial charge in [0.1, 0.15) is 0 Å². The van der Waals surface area contributed by atoms with Crippen LogP contribution in [0.4, 0.5) is 8.78 Å². The Morgan fingerprint density at radius 1 is 1.43 bits per heavy atom. The van der Waals surface area contributed by atoms with Gasteiger partial charge in [-0.3, -0.25) is 4.79 Å². The Bertz CT molecular complexity index is 375. The highest BCUT2D eigenvalue weighted by Crippen LogP contribution is 2.31. The summed E-state index contributed by atoms with van der Waals surface area (Å²) in [7, 11) is 0. The molecule has 0 N–H and O–H groups in total. The Balaban J connectivity index is 3.40. The van der Waals surface area contributed by atoms with Crippen molar-refractivity contribution in [2.45, 2.75) is 20.3 Å². The van der Waals surface area contributed by atoms with Gasteiger partial charge in [-0.2, -0.15) is 0 Å². The summed E-state index contributed by atoms with van der Waals surface area (Å²) in [5.74, 6) is -0.220. The fourth-order valence-corrected chi connectivity index (χ4v) is 1.89. The zero-order valence-electron chi connectivity index (χ0n) is 7.77. The zero-order chi connectivity index (χ0) is 10.9. The standard InChI is InChI=1S/C10H9BrF2O/c1-5-3-7(6(2)14)9(11)8(4-5)10(12)13/h3-4,10H,1-2H3. The lowest BCUT2D eigenvalue weighted by molar-refractivity contribution is 0.101. The molecule has 0 saturated carbocycles. The monoisotopic (exact) mass is 262 g/mol. The molecule has 0 amide bonds. The second-order valence-electron chi connectivity index (χ2n) is 3.07. The Labute approximate surface area is 89.3 Å². The summed E-state index contributed by atoms with van der Waals surface area (Å²) in [4.78, 5) is 11.1. The minimum atomic E-state index is -2.57. The number of Topliss-reactive ketones (excluding diaryl/α,β-unsaturated/α-hetero) is 1. The fraction of sp³-hybridized carbons (Fsp3) is 0.300. The third-order valence-electron chi connectivity index (χ3n) is 1.86. The molecule has 1 rings (SSSR count). The van der Waals surface area contributed by atoms with Gasteiger partial charge >= 0.3 is 0 Å². The lowest BCUT2D eigenvalue weighted by Crippen LogP contribution is -1.99. The Hall–Kier alpha value is -0.770. The molecule has 0 aliphatic heterocycles. The average molecular weight is 263 g/mol. The molecule has 0 unspecified atom stereocenters. The van der Waals surface area contributed by atoms with Crippen molar-refractivity contribution in [3.63, 3.8) is 0 Å². The maximum atomic E-state index is 12.5. The normalized spacial score (nSPS) is 10.7. The van der Waals surface area contributed by atoms with Gasteiger partial charge in [0, 0.05) is 15.6 Å². The summed E-state index contributed by atoms with van der Waals surface area (Å²) in [6, 6.07) is 2.97. The van der Waals surface area contributed by atoms with Crippen molar-refractivity contribution in [3.05, 3.63) is 33.3 Å². The van der Waals surface area contributed by atoms with Gasteiger partial charge in [-0.05, 0) is 47.5 Å². The molecule has 4 heteroatoms. The average Bonchev–Trinajstić information content (AvgIpc) is 2.07. The Kier molecular flexibility index (Phi) is 3.37. The summed E-state index contributed by atoms with van der Waals surface area (Å²) in [6.07, 6.45) is -2.57. The van der Waals surface area contributed by atoms with Gasteiger partial charge in [0.15, 0.2) is 5.78 Å². The molecule has 0 atom stereocenters. The highest BCUT2D eigenvalue weighted by molar-refractivity contribution is 9.10. The molecular formula is C10H9BrF2O. The molecule has 14 heavy (non-hydrogen) atoms. The first-order valence-corrected chi connectivity index (χ1v) is 4.82. The fourth-order valence-electron chi connectivity index (χ4n) is 1.21. The van der Waals surface area contributed by atoms with E-state index in [0.717, 1.165) is 0 Å². The van der Waals surface area contributed by atoms with Crippen molar-refractivity contribution in [1.29, 1.82) is 0 Å². The van der Waals surface area contributed by atoms with E-state index in [1.165, 1.54) is 13.0 Å². The molecular weight excluding hydrogens is 254 g/mol. The Morgan fingerprint density at radius 3 is 2.43 bits per heavy atom. The molecule has 0 fully saturated rings. The third-order valence-corrected chi connectivity index (χ3v) is 2.74. The molecule has 1 aromatic rings. The molecule has 0 saturated heterocycles. The van der Waals surface area contributed by atoms with Gasteiger partial charge in [0.25, 0.3) is 6.43 Å². The molecule has 0 aromatic heterocycles. The summed E-state index contributed by atoms with van der Waals surface area (Å²) >= 11 is 3.02. The van der Waals surface area contributed by atoms with Crippen LogP contribution in [0.1, 0.15) is 34.8 Å². The third kappa shape index (κ3) is 2.18. The van der Waals surface area contributed by atoms with Gasteiger partial charge in [0.05, 0.1) is 0 Å². The summed E-state index contributed by atoms with van der Waals surface area (Å²) in [5.41, 5.74) is 0.837. The van der Waals surface area contributed by atoms with E-state index in [-0.39, 0.29) is 15.8 Å². The molecule has 0 aliphatic rings. The van der Waals surface area contributed by atoms with E-state index in [9.17, 15) is 13.6 Å². The number of hydrogen-bond donors (Lipinski definition) is 0. The minimum absolute atomic E-state index is 0.129. The maximum Gasteiger partial charge on any atom is 0.264 e. The number of ketones is 1. The predicted molar refractivity (Wildman–Crippen MR) is 53.8 cm³/mol. The van der Waals surface area contributed by atoms with Gasteiger partial charge in [-0.15, -0.1) is 0 Å². The molecule has 1 aromatic carbocycles. The van der Waals surface area contributed by atoms with E-state index < -0.39 is 6.43 Å². The molecule has 0 aliphatic carbocycles. The number of rotatable bonds is 2. The van der Waals surface area contributed by atoms with Crippen LogP contribution in [0.5, 0.6) is 0 Å². The van der Waals surface area contributed by atoms with Crippen molar-refractivity contribution < 1.29 is 13.6 Å². The van der Waals surface area contributed by atoms with E-state index in [2.05, 4.69) is 15.9 Å². The van der Waals surface area contributed by atoms with Crippen molar-refractivity contribution >= 4 is 21.7 Å². The first kappa shape index (κ1) is 11.3. The summed E-state index contributed by atoms with van der Waals surface area (Å²) in [5, 5.41) is 0. The van der Waals surface area contributed by atoms with Crippen molar-refractivity contribution in [2.75, 3.05) is 0 Å². The maximum absolute atomic E-state index is 12.5. The van der Waals surface area contributed by atoms with E-state index in [1.54, 1.807) is 13.0 Å². The number of hydrogen-bond acceptors (Lipinski definition) is 1. The topological polar surface area (TPSA) is 17.1 Å². The SMILES string of the molecule is CC(=O)c1cc(C)cc(C(F)F)c1Br. The second kappa shape index (κ2) is 4.17. The lowest BCUT2D eigenvalue weighted by atomic mass is 10.0. The van der Waals surface area contributed by atoms with Crippen LogP contribution in [-0.4, -0.2) is 5.78 Å². The zero-order valence-corrected chi connectivity index (χ0v) is 9.36. The highest BCUT2D eigenvalue weighted by atomic mass is 79.9. The van der Waals surface area contributed by atoms with Crippen LogP contribution in [0.25, 0.3) is 0 Å². The smallest absolute Gasteiger partial charge is 0.264 e. The van der Waals surface area contributed by atoms with Gasteiger partial charge < -0.3 is 0 Å². The largest absolute Gasteiger partial charge is 0.294 e. The van der Waals surface area contributed by atoms with Crippen LogP contribution >= 0.6 is 15.9 Å². The van der Waals surface area contributed by atoms with E-state index >= 15 is 0 Å². The van der Waals surface area contributed by atoms with Crippen LogP contribution in [0.3, 0.4) is 0 Å². The summed E-state index contributed by atoms with van der Waals surface area (Å²) in [6.45, 7) is 3.04. The second-order valence-corrected chi connectivity index (χ2v) is 3.87. The van der Waals surface area contributed by atoms with Crippen LogP contribution in [0, 0.1) is 6.92 Å². The summed E-state index contributed by atoms with van der Waals surface area (Å²) < 4.78 is 25.2. The number of carbonyl (C=O) groups excluding carboxylic acids is 1. The van der Waals surface area contributed by atoms with E-state index in [4.69, 9.17) is 0 Å². The Morgan fingerprint density at radius 2 is 2.00 bits per heavy atom. The van der Waals surface area contributed by atoms with Gasteiger partial charge in [0.2, 0.25) is 0 Å². The first-order valence-electron chi connectivity index (χ1n) is 4.02.